The quantitative estimate of drug-likeness (QED) is 0.581. The first-order chi connectivity index (χ1) is 16.5. The minimum absolute atomic E-state index is 0.121. The molecule has 0 amide bonds. The molecule has 3 aliphatic rings. The maximum absolute atomic E-state index is 13.7. The monoisotopic (exact) mass is 464 g/mol. The highest BCUT2D eigenvalue weighted by atomic mass is 32.2. The predicted octanol–water partition coefficient (Wildman–Crippen LogP) is 3.96. The number of hydrogen-bond acceptors (Lipinski definition) is 5. The number of hydrogen-bond donors (Lipinski definition) is 1. The minimum Gasteiger partial charge on any atom is -0.422 e. The van der Waals surface area contributed by atoms with Crippen LogP contribution in [0.2, 0.25) is 0 Å². The van der Waals surface area contributed by atoms with E-state index < -0.39 is 11.9 Å². The fraction of sp³-hybridized carbons (Fsp3) is 0.0714. The van der Waals surface area contributed by atoms with Crippen LogP contribution in [0.5, 0.6) is 0 Å². The van der Waals surface area contributed by atoms with Crippen LogP contribution in [-0.2, 0) is 4.74 Å². The van der Waals surface area contributed by atoms with Crippen LogP contribution < -0.4 is 4.99 Å². The molecular formula is C28H18NO4S+. The molecular weight excluding hydrogens is 446 g/mol. The molecule has 6 heteroatoms. The van der Waals surface area contributed by atoms with E-state index in [4.69, 9.17) is 4.74 Å². The third-order valence-corrected chi connectivity index (χ3v) is 7.27. The Bertz CT molecular complexity index is 1510. The average Bonchev–Trinajstić information content (AvgIpc) is 2.86. The molecule has 6 rings (SSSR count). The van der Waals surface area contributed by atoms with Crippen molar-refractivity contribution in [1.82, 2.24) is 0 Å². The standard InChI is InChI=1S/C28H17NO4S/c1-15-11-12-19-21(13-15)34-22-14-20(33-28(32)16-7-3-2-4-8-16)23-24(25(22)29-19)27(31)18-10-6-5-9-17(18)26(23)30/h2-14,24H,1H3/p+1. The Kier molecular flexibility index (Phi) is 4.71. The molecule has 34 heavy (non-hydrogen) atoms. The maximum atomic E-state index is 13.7. The van der Waals surface area contributed by atoms with Gasteiger partial charge in [-0.2, -0.15) is 0 Å². The second kappa shape index (κ2) is 7.78. The van der Waals surface area contributed by atoms with E-state index in [0.29, 0.717) is 22.4 Å². The van der Waals surface area contributed by atoms with Crippen LogP contribution in [0, 0.1) is 12.8 Å². The summed E-state index contributed by atoms with van der Waals surface area (Å²) < 4.78 is 5.78. The van der Waals surface area contributed by atoms with Crippen LogP contribution in [0.4, 0.5) is 5.69 Å². The number of allylic oxidation sites excluding steroid dienone is 3. The molecule has 1 unspecified atom stereocenters. The summed E-state index contributed by atoms with van der Waals surface area (Å²) in [6.07, 6.45) is 1.70. The third kappa shape index (κ3) is 3.18. The molecule has 3 aromatic carbocycles. The molecule has 0 spiro atoms. The largest absolute Gasteiger partial charge is 0.422 e. The second-order valence-electron chi connectivity index (χ2n) is 8.35. The Hall–Kier alpha value is -4.03. The zero-order chi connectivity index (χ0) is 23.4. The van der Waals surface area contributed by atoms with E-state index in [1.807, 2.05) is 25.1 Å². The van der Waals surface area contributed by atoms with Crippen LogP contribution in [0.15, 0.2) is 100 Å². The van der Waals surface area contributed by atoms with Gasteiger partial charge in [0.25, 0.3) is 0 Å². The molecule has 0 saturated heterocycles. The Morgan fingerprint density at radius 3 is 2.47 bits per heavy atom. The van der Waals surface area contributed by atoms with Crippen LogP contribution in [0.25, 0.3) is 0 Å². The van der Waals surface area contributed by atoms with Gasteiger partial charge in [0.05, 0.1) is 20.9 Å². The van der Waals surface area contributed by atoms with Crippen molar-refractivity contribution in [1.29, 1.82) is 0 Å². The first-order valence-electron chi connectivity index (χ1n) is 10.8. The van der Waals surface area contributed by atoms with Gasteiger partial charge in [0, 0.05) is 23.3 Å². The highest BCUT2D eigenvalue weighted by molar-refractivity contribution is 8.04. The van der Waals surface area contributed by atoms with E-state index in [-0.39, 0.29) is 22.9 Å². The van der Waals surface area contributed by atoms with Crippen molar-refractivity contribution < 1.29 is 24.1 Å². The Labute approximate surface area is 199 Å². The number of thioether (sulfide) groups is 1. The zero-order valence-electron chi connectivity index (χ0n) is 18.1. The summed E-state index contributed by atoms with van der Waals surface area (Å²) in [5.41, 5.74) is 3.89. The number of Topliss-reactive ketones (excluding diaryl/α,β-unsaturated/α-hetero) is 2. The van der Waals surface area contributed by atoms with Gasteiger partial charge in [-0.3, -0.25) is 9.59 Å². The van der Waals surface area contributed by atoms with Crippen molar-refractivity contribution >= 4 is 40.7 Å². The number of rotatable bonds is 2. The van der Waals surface area contributed by atoms with Crippen molar-refractivity contribution in [3.05, 3.63) is 117 Å². The topological polar surface area (TPSA) is 74.4 Å². The fourth-order valence-corrected chi connectivity index (χ4v) is 5.68. The molecule has 1 aliphatic heterocycles. The van der Waals surface area contributed by atoms with Gasteiger partial charge in [-0.15, -0.1) is 0 Å². The molecule has 1 heterocycles. The number of carbonyl (C=O) groups excluding carboxylic acids is 3. The molecule has 5 nitrogen and oxygen atoms in total. The number of ether oxygens (including phenoxy) is 1. The summed E-state index contributed by atoms with van der Waals surface area (Å²) in [4.78, 5) is 45.4. The lowest BCUT2D eigenvalue weighted by Gasteiger charge is -2.30. The lowest BCUT2D eigenvalue weighted by molar-refractivity contribution is -0.359. The number of ketones is 2. The summed E-state index contributed by atoms with van der Waals surface area (Å²) in [5, 5.41) is 0. The molecule has 2 aliphatic carbocycles. The molecule has 0 bridgehead atoms. The van der Waals surface area contributed by atoms with E-state index in [1.165, 1.54) is 11.8 Å². The van der Waals surface area contributed by atoms with Crippen molar-refractivity contribution in [2.45, 2.75) is 11.8 Å². The van der Waals surface area contributed by atoms with Gasteiger partial charge in [0.15, 0.2) is 11.6 Å². The third-order valence-electron chi connectivity index (χ3n) is 6.15. The van der Waals surface area contributed by atoms with Gasteiger partial charge in [0.1, 0.15) is 11.7 Å². The maximum Gasteiger partial charge on any atom is 0.343 e. The van der Waals surface area contributed by atoms with Crippen molar-refractivity contribution in [2.75, 3.05) is 0 Å². The van der Waals surface area contributed by atoms with Gasteiger partial charge in [-0.05, 0) is 30.7 Å². The van der Waals surface area contributed by atoms with Gasteiger partial charge in [-0.25, -0.2) is 9.79 Å². The van der Waals surface area contributed by atoms with Crippen LogP contribution in [0.3, 0.4) is 0 Å². The Morgan fingerprint density at radius 1 is 0.941 bits per heavy atom. The molecule has 3 aromatic rings. The average molecular weight is 465 g/mol. The Morgan fingerprint density at radius 2 is 1.68 bits per heavy atom. The summed E-state index contributed by atoms with van der Waals surface area (Å²) in [5.74, 6) is -1.83. The van der Waals surface area contributed by atoms with Crippen LogP contribution in [-0.4, -0.2) is 23.2 Å². The fourth-order valence-electron chi connectivity index (χ4n) is 4.52. The zero-order valence-corrected chi connectivity index (χ0v) is 18.9. The Balaban J connectivity index is 1.54. The SMILES string of the molecule is Cc1ccc2c(c1)SC1=CC(OC(=O)c3ccccc3)=C3C(=O)c4ccccc4C(=O)C3C1=[NH+]2. The number of aryl methyl sites for hydroxylation is 1. The molecule has 164 valence electrons. The number of esters is 1. The number of carbonyl (C=O) groups is 3. The van der Waals surface area contributed by atoms with Crippen molar-refractivity contribution in [2.24, 2.45) is 5.92 Å². The minimum atomic E-state index is -0.872. The molecule has 1 atom stereocenters. The molecule has 0 aromatic heterocycles. The highest BCUT2D eigenvalue weighted by Crippen LogP contribution is 2.44. The number of nitrogens with one attached hydrogen (secondary N) is 1. The lowest BCUT2D eigenvalue weighted by atomic mass is 9.73. The van der Waals surface area contributed by atoms with E-state index in [1.54, 1.807) is 54.6 Å². The van der Waals surface area contributed by atoms with Crippen LogP contribution in [0.1, 0.15) is 36.6 Å². The van der Waals surface area contributed by atoms with Gasteiger partial charge in [-0.1, -0.05) is 60.3 Å². The predicted molar refractivity (Wildman–Crippen MR) is 128 cm³/mol. The molecule has 0 fully saturated rings. The highest BCUT2D eigenvalue weighted by Gasteiger charge is 2.49. The smallest absolute Gasteiger partial charge is 0.343 e. The second-order valence-corrected chi connectivity index (χ2v) is 9.44. The number of fused-ring (bicyclic) bond motifs is 5. The van der Waals surface area contributed by atoms with Gasteiger partial charge in [0.2, 0.25) is 11.4 Å². The summed E-state index contributed by atoms with van der Waals surface area (Å²) >= 11 is 1.49. The summed E-state index contributed by atoms with van der Waals surface area (Å²) in [7, 11) is 0. The first kappa shape index (κ1) is 20.6. The van der Waals surface area contributed by atoms with Gasteiger partial charge < -0.3 is 4.74 Å². The molecule has 0 radical (unpaired) electrons. The van der Waals surface area contributed by atoms with Gasteiger partial charge >= 0.3 is 5.97 Å². The van der Waals surface area contributed by atoms with E-state index in [0.717, 1.165) is 21.1 Å². The first-order valence-corrected chi connectivity index (χ1v) is 11.7. The van der Waals surface area contributed by atoms with Crippen molar-refractivity contribution in [3.8, 4) is 0 Å². The number of benzene rings is 3. The normalized spacial score (nSPS) is 18.2. The molecule has 0 saturated carbocycles. The van der Waals surface area contributed by atoms with E-state index >= 15 is 0 Å². The van der Waals surface area contributed by atoms with E-state index in [2.05, 4.69) is 11.1 Å². The summed E-state index contributed by atoms with van der Waals surface area (Å²) in [6, 6.07) is 21.4. The van der Waals surface area contributed by atoms with E-state index in [9.17, 15) is 14.4 Å². The lowest BCUT2D eigenvalue weighted by Crippen LogP contribution is -2.71. The van der Waals surface area contributed by atoms with Crippen molar-refractivity contribution in [3.63, 3.8) is 0 Å². The molecule has 1 N–H and O–H groups in total. The summed E-state index contributed by atoms with van der Waals surface area (Å²) in [6.45, 7) is 2.01. The van der Waals surface area contributed by atoms with Crippen LogP contribution >= 0.6 is 11.8 Å².